The number of aromatic nitrogens is 4. The summed E-state index contributed by atoms with van der Waals surface area (Å²) in [7, 11) is 0. The normalized spacial score (nSPS) is 10.9. The smallest absolute Gasteiger partial charge is 0.349 e. The predicted molar refractivity (Wildman–Crippen MR) is 122 cm³/mol. The van der Waals surface area contributed by atoms with E-state index in [2.05, 4.69) is 21.6 Å². The molecule has 2 aromatic heterocycles. The number of hydrogen-bond acceptors (Lipinski definition) is 6. The van der Waals surface area contributed by atoms with Crippen LogP contribution in [0.25, 0.3) is 22.7 Å². The second-order valence-corrected chi connectivity index (χ2v) is 7.46. The first-order chi connectivity index (χ1) is 14.8. The average molecular weight is 456 g/mol. The molecule has 2 heterocycles. The third-order valence-corrected chi connectivity index (χ3v) is 5.08. The first kappa shape index (κ1) is 20.6. The van der Waals surface area contributed by atoms with Gasteiger partial charge in [-0.25, -0.2) is 9.78 Å². The van der Waals surface area contributed by atoms with Crippen LogP contribution in [0.4, 0.5) is 5.82 Å². The molecule has 156 valence electrons. The number of nitrogens with two attached hydrogens (primary N) is 1. The lowest BCUT2D eigenvalue weighted by atomic mass is 10.1. The van der Waals surface area contributed by atoms with Crippen LogP contribution in [-0.4, -0.2) is 19.7 Å². The monoisotopic (exact) mass is 455 g/mol. The van der Waals surface area contributed by atoms with E-state index in [4.69, 9.17) is 33.7 Å². The quantitative estimate of drug-likeness (QED) is 0.478. The SMILES string of the molecule is C=Cc1cc(C)c2cc(Oc3c(Cl)cc(-n4nc(N)c(=O)[nH]c4=O)cc3Cl)ccc2n1. The highest BCUT2D eigenvalue weighted by molar-refractivity contribution is 6.37. The molecule has 0 radical (unpaired) electrons. The van der Waals surface area contributed by atoms with Crippen molar-refractivity contribution in [3.05, 3.63) is 85.1 Å². The van der Waals surface area contributed by atoms with E-state index in [0.717, 1.165) is 26.8 Å². The molecule has 0 amide bonds. The van der Waals surface area contributed by atoms with Crippen LogP contribution in [0.1, 0.15) is 11.3 Å². The molecule has 31 heavy (non-hydrogen) atoms. The van der Waals surface area contributed by atoms with Crippen molar-refractivity contribution in [2.24, 2.45) is 0 Å². The minimum absolute atomic E-state index is 0.137. The number of rotatable bonds is 4. The number of nitrogen functional groups attached to an aromatic ring is 1. The summed E-state index contributed by atoms with van der Waals surface area (Å²) >= 11 is 12.7. The average Bonchev–Trinajstić information content (AvgIpc) is 2.73. The lowest BCUT2D eigenvalue weighted by Crippen LogP contribution is -2.33. The van der Waals surface area contributed by atoms with Gasteiger partial charge in [0.05, 0.1) is 26.9 Å². The van der Waals surface area contributed by atoms with E-state index in [1.807, 2.05) is 25.1 Å². The molecular weight excluding hydrogens is 441 g/mol. The molecule has 0 fully saturated rings. The van der Waals surface area contributed by atoms with Crippen molar-refractivity contribution in [2.45, 2.75) is 6.92 Å². The summed E-state index contributed by atoms with van der Waals surface area (Å²) in [4.78, 5) is 30.1. The van der Waals surface area contributed by atoms with Gasteiger partial charge in [-0.15, -0.1) is 5.10 Å². The number of aromatic amines is 1. The first-order valence-corrected chi connectivity index (χ1v) is 9.72. The molecule has 4 rings (SSSR count). The van der Waals surface area contributed by atoms with Crippen molar-refractivity contribution in [3.8, 4) is 17.2 Å². The molecular formula is C21H15Cl2N5O3. The maximum Gasteiger partial charge on any atom is 0.349 e. The Morgan fingerprint density at radius 1 is 1.16 bits per heavy atom. The molecule has 0 aliphatic heterocycles. The predicted octanol–water partition coefficient (Wildman–Crippen LogP) is 4.10. The lowest BCUT2D eigenvalue weighted by Gasteiger charge is -2.13. The number of ether oxygens (including phenoxy) is 1. The Morgan fingerprint density at radius 3 is 2.55 bits per heavy atom. The van der Waals surface area contributed by atoms with E-state index in [1.54, 1.807) is 12.1 Å². The van der Waals surface area contributed by atoms with E-state index >= 15 is 0 Å². The molecule has 2 aromatic carbocycles. The molecule has 0 bridgehead atoms. The minimum atomic E-state index is -0.781. The van der Waals surface area contributed by atoms with E-state index in [-0.39, 0.29) is 27.3 Å². The third-order valence-electron chi connectivity index (χ3n) is 4.52. The van der Waals surface area contributed by atoms with Crippen molar-refractivity contribution in [1.29, 1.82) is 0 Å². The zero-order valence-corrected chi connectivity index (χ0v) is 17.7. The number of nitrogens with zero attached hydrogens (tertiary/aromatic N) is 3. The van der Waals surface area contributed by atoms with Crippen LogP contribution in [0.3, 0.4) is 0 Å². The fraction of sp³-hybridized carbons (Fsp3) is 0.0476. The van der Waals surface area contributed by atoms with Crippen LogP contribution in [-0.2, 0) is 0 Å². The number of pyridine rings is 1. The van der Waals surface area contributed by atoms with Gasteiger partial charge in [0.2, 0.25) is 5.82 Å². The van der Waals surface area contributed by atoms with Crippen LogP contribution in [0, 0.1) is 6.92 Å². The Kier molecular flexibility index (Phi) is 5.26. The number of aryl methyl sites for hydroxylation is 1. The van der Waals surface area contributed by atoms with Gasteiger partial charge in [0, 0.05) is 5.39 Å². The first-order valence-electron chi connectivity index (χ1n) is 8.97. The summed E-state index contributed by atoms with van der Waals surface area (Å²) in [5, 5.41) is 4.95. The van der Waals surface area contributed by atoms with Crippen molar-refractivity contribution < 1.29 is 4.74 Å². The Labute approximate surface area is 185 Å². The number of anilines is 1. The highest BCUT2D eigenvalue weighted by Crippen LogP contribution is 2.38. The van der Waals surface area contributed by atoms with Gasteiger partial charge < -0.3 is 10.5 Å². The number of fused-ring (bicyclic) bond motifs is 1. The van der Waals surface area contributed by atoms with Crippen molar-refractivity contribution >= 4 is 46.0 Å². The van der Waals surface area contributed by atoms with Gasteiger partial charge in [0.1, 0.15) is 5.75 Å². The second-order valence-electron chi connectivity index (χ2n) is 6.64. The number of benzene rings is 2. The van der Waals surface area contributed by atoms with Gasteiger partial charge in [-0.05, 0) is 55.0 Å². The molecule has 4 aromatic rings. The van der Waals surface area contributed by atoms with Gasteiger partial charge in [-0.1, -0.05) is 29.8 Å². The van der Waals surface area contributed by atoms with E-state index in [0.29, 0.717) is 5.75 Å². The standard InChI is InChI=1S/C21H15Cl2N5O3/c1-3-11-6-10(2)14-9-13(4-5-17(14)25-11)31-18-15(22)7-12(8-16(18)23)28-21(30)26-20(29)19(24)27-28/h3-9H,1H2,2H3,(H2,24,27)(H,26,29,30). The molecule has 0 unspecified atom stereocenters. The van der Waals surface area contributed by atoms with Crippen LogP contribution in [0.15, 0.2) is 52.6 Å². The zero-order valence-electron chi connectivity index (χ0n) is 16.1. The van der Waals surface area contributed by atoms with Crippen molar-refractivity contribution in [3.63, 3.8) is 0 Å². The van der Waals surface area contributed by atoms with Gasteiger partial charge in [0.25, 0.3) is 5.56 Å². The fourth-order valence-electron chi connectivity index (χ4n) is 3.04. The van der Waals surface area contributed by atoms with E-state index in [1.165, 1.54) is 12.1 Å². The molecule has 0 saturated heterocycles. The number of hydrogen-bond donors (Lipinski definition) is 2. The van der Waals surface area contributed by atoms with Gasteiger partial charge in [0.15, 0.2) is 5.75 Å². The van der Waals surface area contributed by atoms with E-state index in [9.17, 15) is 9.59 Å². The van der Waals surface area contributed by atoms with Crippen LogP contribution in [0.5, 0.6) is 11.5 Å². The maximum atomic E-state index is 12.1. The molecule has 0 atom stereocenters. The summed E-state index contributed by atoms with van der Waals surface area (Å²) in [6.45, 7) is 5.72. The van der Waals surface area contributed by atoms with Gasteiger partial charge >= 0.3 is 5.69 Å². The Bertz CT molecular complexity index is 1450. The second kappa shape index (κ2) is 7.90. The molecule has 0 spiro atoms. The van der Waals surface area contributed by atoms with Crippen LogP contribution < -0.4 is 21.7 Å². The van der Waals surface area contributed by atoms with Crippen LogP contribution in [0.2, 0.25) is 10.0 Å². The van der Waals surface area contributed by atoms with E-state index < -0.39 is 11.2 Å². The molecule has 0 aliphatic rings. The summed E-state index contributed by atoms with van der Waals surface area (Å²) in [6, 6.07) is 10.2. The molecule has 10 heteroatoms. The summed E-state index contributed by atoms with van der Waals surface area (Å²) < 4.78 is 6.81. The van der Waals surface area contributed by atoms with Crippen molar-refractivity contribution in [1.82, 2.24) is 19.7 Å². The fourth-order valence-corrected chi connectivity index (χ4v) is 3.59. The largest absolute Gasteiger partial charge is 0.454 e. The Morgan fingerprint density at radius 2 is 1.87 bits per heavy atom. The van der Waals surface area contributed by atoms with Gasteiger partial charge in [-0.2, -0.15) is 4.68 Å². The van der Waals surface area contributed by atoms with Gasteiger partial charge in [-0.3, -0.25) is 9.78 Å². The minimum Gasteiger partial charge on any atom is -0.454 e. The Hall–Kier alpha value is -3.62. The lowest BCUT2D eigenvalue weighted by molar-refractivity contribution is 0.483. The Balaban J connectivity index is 1.74. The third kappa shape index (κ3) is 3.90. The molecule has 0 aliphatic carbocycles. The van der Waals surface area contributed by atoms with Crippen molar-refractivity contribution in [2.75, 3.05) is 5.73 Å². The number of nitrogens with one attached hydrogen (secondary N) is 1. The summed E-state index contributed by atoms with van der Waals surface area (Å²) in [5.41, 5.74) is 6.75. The molecule has 0 saturated carbocycles. The summed E-state index contributed by atoms with van der Waals surface area (Å²) in [5.74, 6) is 0.334. The molecule has 8 nitrogen and oxygen atoms in total. The maximum absolute atomic E-state index is 12.1. The highest BCUT2D eigenvalue weighted by Gasteiger charge is 2.15. The highest BCUT2D eigenvalue weighted by atomic mass is 35.5. The number of H-pyrrole nitrogens is 1. The zero-order chi connectivity index (χ0) is 22.3. The molecule has 3 N–H and O–H groups in total. The number of halogens is 2. The van der Waals surface area contributed by atoms with Crippen LogP contribution >= 0.6 is 23.2 Å². The topological polar surface area (TPSA) is 116 Å². The summed E-state index contributed by atoms with van der Waals surface area (Å²) in [6.07, 6.45) is 1.69.